The standard InChI is InChI=1S/C8H15NO4/c1-4-9(6-7(10)12-3)8(11)13-5-2/h4-6H2,1-3H3. The maximum Gasteiger partial charge on any atom is 0.410 e. The van der Waals surface area contributed by atoms with E-state index < -0.39 is 12.1 Å². The number of likely N-dealkylation sites (N-methyl/N-ethyl adjacent to an activating group) is 1. The van der Waals surface area contributed by atoms with Crippen molar-refractivity contribution in [3.05, 3.63) is 0 Å². The zero-order valence-corrected chi connectivity index (χ0v) is 8.20. The minimum Gasteiger partial charge on any atom is -0.468 e. The van der Waals surface area contributed by atoms with Gasteiger partial charge in [-0.2, -0.15) is 0 Å². The minimum atomic E-state index is -0.490. The number of rotatable bonds is 4. The summed E-state index contributed by atoms with van der Waals surface area (Å²) in [6.07, 6.45) is -0.490. The zero-order chi connectivity index (χ0) is 10.3. The first kappa shape index (κ1) is 11.7. The molecule has 0 aromatic carbocycles. The van der Waals surface area contributed by atoms with Crippen LogP contribution in [0, 0.1) is 0 Å². The third-order valence-corrected chi connectivity index (χ3v) is 1.46. The average Bonchev–Trinajstić information content (AvgIpc) is 2.14. The lowest BCUT2D eigenvalue weighted by atomic mass is 10.5. The summed E-state index contributed by atoms with van der Waals surface area (Å²) < 4.78 is 9.14. The first-order chi connectivity index (χ1) is 6.15. The molecule has 13 heavy (non-hydrogen) atoms. The van der Waals surface area contributed by atoms with E-state index in [4.69, 9.17) is 4.74 Å². The fraction of sp³-hybridized carbons (Fsp3) is 0.750. The highest BCUT2D eigenvalue weighted by Crippen LogP contribution is 1.94. The molecule has 5 heteroatoms. The summed E-state index contributed by atoms with van der Waals surface area (Å²) >= 11 is 0. The Kier molecular flexibility index (Phi) is 5.67. The van der Waals surface area contributed by atoms with E-state index in [2.05, 4.69) is 4.74 Å². The van der Waals surface area contributed by atoms with Crippen molar-refractivity contribution in [2.45, 2.75) is 13.8 Å². The molecule has 0 fully saturated rings. The topological polar surface area (TPSA) is 55.8 Å². The Balaban J connectivity index is 4.01. The second-order valence-corrected chi connectivity index (χ2v) is 2.29. The van der Waals surface area contributed by atoms with Gasteiger partial charge in [-0.05, 0) is 13.8 Å². The van der Waals surface area contributed by atoms with Crippen molar-refractivity contribution in [3.63, 3.8) is 0 Å². The summed E-state index contributed by atoms with van der Waals surface area (Å²) in [5.74, 6) is -0.449. The second-order valence-electron chi connectivity index (χ2n) is 2.29. The molecule has 0 aromatic rings. The lowest BCUT2D eigenvalue weighted by molar-refractivity contribution is -0.141. The number of hydrogen-bond donors (Lipinski definition) is 0. The van der Waals surface area contributed by atoms with Gasteiger partial charge in [-0.3, -0.25) is 9.69 Å². The van der Waals surface area contributed by atoms with Gasteiger partial charge in [0.25, 0.3) is 0 Å². The van der Waals surface area contributed by atoms with Gasteiger partial charge in [-0.1, -0.05) is 0 Å². The van der Waals surface area contributed by atoms with Crippen molar-refractivity contribution >= 4 is 12.1 Å². The maximum absolute atomic E-state index is 11.1. The Hall–Kier alpha value is -1.26. The van der Waals surface area contributed by atoms with Crippen molar-refractivity contribution in [2.75, 3.05) is 26.8 Å². The molecule has 0 rings (SSSR count). The number of hydrogen-bond acceptors (Lipinski definition) is 4. The Morgan fingerprint density at radius 2 is 1.92 bits per heavy atom. The Morgan fingerprint density at radius 1 is 1.31 bits per heavy atom. The zero-order valence-electron chi connectivity index (χ0n) is 8.20. The van der Waals surface area contributed by atoms with E-state index in [0.717, 1.165) is 0 Å². The van der Waals surface area contributed by atoms with Gasteiger partial charge in [-0.15, -0.1) is 0 Å². The molecule has 0 heterocycles. The Labute approximate surface area is 77.6 Å². The molecule has 0 atom stereocenters. The molecule has 0 radical (unpaired) electrons. The summed E-state index contributed by atoms with van der Waals surface area (Å²) in [6.45, 7) is 4.14. The van der Waals surface area contributed by atoms with E-state index in [1.807, 2.05) is 0 Å². The number of nitrogens with zero attached hydrogens (tertiary/aromatic N) is 1. The van der Waals surface area contributed by atoms with Crippen molar-refractivity contribution in [3.8, 4) is 0 Å². The molecule has 76 valence electrons. The molecule has 0 aromatic heterocycles. The summed E-state index contributed by atoms with van der Waals surface area (Å²) in [4.78, 5) is 23.2. The number of methoxy groups -OCH3 is 1. The number of amides is 1. The normalized spacial score (nSPS) is 9.15. The molecular weight excluding hydrogens is 174 g/mol. The smallest absolute Gasteiger partial charge is 0.410 e. The van der Waals surface area contributed by atoms with Crippen LogP contribution in [0.15, 0.2) is 0 Å². The summed E-state index contributed by atoms with van der Waals surface area (Å²) in [6, 6.07) is 0. The second kappa shape index (κ2) is 6.28. The van der Waals surface area contributed by atoms with Crippen molar-refractivity contribution < 1.29 is 19.1 Å². The van der Waals surface area contributed by atoms with Gasteiger partial charge >= 0.3 is 12.1 Å². The van der Waals surface area contributed by atoms with Crippen LogP contribution in [-0.4, -0.2) is 43.8 Å². The Bertz CT molecular complexity index is 181. The van der Waals surface area contributed by atoms with Crippen molar-refractivity contribution in [2.24, 2.45) is 0 Å². The lowest BCUT2D eigenvalue weighted by Gasteiger charge is -2.17. The molecule has 0 bridgehead atoms. The monoisotopic (exact) mass is 189 g/mol. The third kappa shape index (κ3) is 4.35. The SMILES string of the molecule is CCOC(=O)N(CC)CC(=O)OC. The number of carbonyl (C=O) groups is 2. The molecule has 0 saturated heterocycles. The van der Waals surface area contributed by atoms with Crippen LogP contribution >= 0.6 is 0 Å². The van der Waals surface area contributed by atoms with Gasteiger partial charge in [-0.25, -0.2) is 4.79 Å². The average molecular weight is 189 g/mol. The van der Waals surface area contributed by atoms with Crippen LogP contribution in [0.1, 0.15) is 13.8 Å². The molecule has 0 N–H and O–H groups in total. The van der Waals surface area contributed by atoms with Gasteiger partial charge in [0, 0.05) is 6.54 Å². The predicted molar refractivity (Wildman–Crippen MR) is 46.3 cm³/mol. The van der Waals surface area contributed by atoms with E-state index in [0.29, 0.717) is 13.2 Å². The molecule has 0 aliphatic carbocycles. The predicted octanol–water partition coefficient (Wildman–Crippen LogP) is 0.638. The third-order valence-electron chi connectivity index (χ3n) is 1.46. The highest BCUT2D eigenvalue weighted by Gasteiger charge is 2.15. The Morgan fingerprint density at radius 3 is 2.31 bits per heavy atom. The maximum atomic E-state index is 11.1. The molecule has 0 spiro atoms. The van der Waals surface area contributed by atoms with E-state index in [1.165, 1.54) is 12.0 Å². The van der Waals surface area contributed by atoms with Gasteiger partial charge in [0.1, 0.15) is 6.54 Å². The van der Waals surface area contributed by atoms with E-state index in [-0.39, 0.29) is 6.54 Å². The summed E-state index contributed by atoms with van der Waals surface area (Å²) in [5, 5.41) is 0. The van der Waals surface area contributed by atoms with Gasteiger partial charge < -0.3 is 9.47 Å². The van der Waals surface area contributed by atoms with Crippen LogP contribution in [0.4, 0.5) is 4.79 Å². The molecule has 0 aliphatic rings. The van der Waals surface area contributed by atoms with Crippen LogP contribution in [-0.2, 0) is 14.3 Å². The first-order valence-corrected chi connectivity index (χ1v) is 4.14. The molecular formula is C8H15NO4. The molecule has 0 aliphatic heterocycles. The van der Waals surface area contributed by atoms with Gasteiger partial charge in [0.2, 0.25) is 0 Å². The first-order valence-electron chi connectivity index (χ1n) is 4.14. The quantitative estimate of drug-likeness (QED) is 0.609. The minimum absolute atomic E-state index is 0.0637. The van der Waals surface area contributed by atoms with Crippen LogP contribution in [0.2, 0.25) is 0 Å². The fourth-order valence-corrected chi connectivity index (χ4v) is 0.741. The fourth-order valence-electron chi connectivity index (χ4n) is 0.741. The number of esters is 1. The largest absolute Gasteiger partial charge is 0.468 e. The van der Waals surface area contributed by atoms with Gasteiger partial charge in [0.05, 0.1) is 13.7 Å². The molecule has 5 nitrogen and oxygen atoms in total. The summed E-state index contributed by atoms with van der Waals surface area (Å²) in [7, 11) is 1.28. The molecule has 0 saturated carbocycles. The van der Waals surface area contributed by atoms with Crippen LogP contribution in [0.5, 0.6) is 0 Å². The molecule has 0 unspecified atom stereocenters. The highest BCUT2D eigenvalue weighted by atomic mass is 16.6. The number of carbonyl (C=O) groups excluding carboxylic acids is 2. The van der Waals surface area contributed by atoms with Crippen molar-refractivity contribution in [1.82, 2.24) is 4.90 Å². The highest BCUT2D eigenvalue weighted by molar-refractivity contribution is 5.77. The van der Waals surface area contributed by atoms with Crippen LogP contribution in [0.25, 0.3) is 0 Å². The van der Waals surface area contributed by atoms with Crippen molar-refractivity contribution in [1.29, 1.82) is 0 Å². The van der Waals surface area contributed by atoms with E-state index in [9.17, 15) is 9.59 Å². The van der Waals surface area contributed by atoms with Crippen LogP contribution in [0.3, 0.4) is 0 Å². The van der Waals surface area contributed by atoms with Crippen LogP contribution < -0.4 is 0 Å². The van der Waals surface area contributed by atoms with Gasteiger partial charge in [0.15, 0.2) is 0 Å². The van der Waals surface area contributed by atoms with E-state index in [1.54, 1.807) is 13.8 Å². The summed E-state index contributed by atoms with van der Waals surface area (Å²) in [5.41, 5.74) is 0. The lowest BCUT2D eigenvalue weighted by Crippen LogP contribution is -2.36. The number of ether oxygens (including phenoxy) is 2. The van der Waals surface area contributed by atoms with E-state index >= 15 is 0 Å². The molecule has 1 amide bonds.